The second-order valence-corrected chi connectivity index (χ2v) is 31.0. The van der Waals surface area contributed by atoms with E-state index in [9.17, 15) is 39.6 Å². The van der Waals surface area contributed by atoms with Crippen LogP contribution in [-0.4, -0.2) is 128 Å². The van der Waals surface area contributed by atoms with Crippen LogP contribution in [0.5, 0.6) is 0 Å². The topological polar surface area (TPSA) is 149 Å². The van der Waals surface area contributed by atoms with E-state index in [4.69, 9.17) is 16.3 Å². The third kappa shape index (κ3) is 15.5. The maximum atomic E-state index is 14.4. The normalized spacial score (nSPS) is 17.9. The highest BCUT2D eigenvalue weighted by atomic mass is 35.5. The molecule has 77 heavy (non-hydrogen) atoms. The maximum absolute atomic E-state index is 14.4. The summed E-state index contributed by atoms with van der Waals surface area (Å²) in [5.74, 6) is -0.363. The van der Waals surface area contributed by atoms with Gasteiger partial charge in [-0.05, 0) is 136 Å². The van der Waals surface area contributed by atoms with E-state index in [1.54, 1.807) is 12.1 Å². The number of ether oxygens (including phenoxy) is 1. The van der Waals surface area contributed by atoms with E-state index < -0.39 is 61.1 Å². The van der Waals surface area contributed by atoms with Crippen molar-refractivity contribution in [2.45, 2.75) is 110 Å². The number of carbonyl (C=O) groups is 1. The molecule has 2 aliphatic rings. The van der Waals surface area contributed by atoms with Crippen molar-refractivity contribution in [2.24, 2.45) is 5.92 Å². The van der Waals surface area contributed by atoms with E-state index >= 15 is 0 Å². The van der Waals surface area contributed by atoms with Crippen LogP contribution in [-0.2, 0) is 24.6 Å². The Bertz CT molecular complexity index is 2980. The molecule has 2 heterocycles. The molecule has 3 unspecified atom stereocenters. The average molecular weight is 1160 g/mol. The number of likely N-dealkylation sites (N-methyl/N-ethyl adjacent to an activating group) is 1. The van der Waals surface area contributed by atoms with Crippen LogP contribution in [0.4, 0.5) is 24.5 Å². The molecule has 2 fully saturated rings. The van der Waals surface area contributed by atoms with Crippen LogP contribution >= 0.6 is 23.4 Å². The summed E-state index contributed by atoms with van der Waals surface area (Å²) in [6.07, 6.45) is 2.05. The van der Waals surface area contributed by atoms with Gasteiger partial charge in [-0.15, -0.1) is 29.4 Å². The van der Waals surface area contributed by atoms with Crippen molar-refractivity contribution in [1.29, 1.82) is 0 Å². The molecule has 419 valence electrons. The molecule has 2 aliphatic heterocycles. The number of rotatable bonds is 22. The zero-order valence-electron chi connectivity index (χ0n) is 44.7. The standard InChI is InChI=1S/C57H73ClF3N5O7S3Si/c1-7-64(8-2)37-47-38-65(34-35-73-47)31-30-45(39-74-48-14-10-9-11-15-48)62-53-27-26-49(36-54(53)75(68,69)57(59,60)61)76(70,71)63-55(67)43-20-24-46(25-21-43)66-32-28-42(29-33-66)52(40-77(6,72)56(3,4)5)51-17-13-12-16-50(51)41-18-22-44(58)23-19-41/h9-27,36,42,45,47,52,62,72H,7-8,28-35,37-40H2,1-6H3,(H,63,67)/q-1/t45-,47?,52?/m1/s1. The molecule has 0 radical (unpaired) electrons. The number of nitrogens with one attached hydrogen (secondary N) is 2. The summed E-state index contributed by atoms with van der Waals surface area (Å²) < 4.78 is 106. The van der Waals surface area contributed by atoms with Gasteiger partial charge in [0.05, 0.1) is 23.3 Å². The van der Waals surface area contributed by atoms with Crippen LogP contribution in [0.25, 0.3) is 11.1 Å². The van der Waals surface area contributed by atoms with E-state index in [0.29, 0.717) is 68.6 Å². The zero-order chi connectivity index (χ0) is 55.8. The number of hydrogen-bond donors (Lipinski definition) is 3. The van der Waals surface area contributed by atoms with Gasteiger partial charge < -0.3 is 24.6 Å². The number of anilines is 2. The van der Waals surface area contributed by atoms with Crippen LogP contribution in [0, 0.1) is 5.92 Å². The second kappa shape index (κ2) is 25.8. The average Bonchev–Trinajstić information content (AvgIpc) is 3.41. The zero-order valence-corrected chi connectivity index (χ0v) is 48.9. The van der Waals surface area contributed by atoms with E-state index in [0.717, 1.165) is 66.3 Å². The molecule has 2 saturated heterocycles. The summed E-state index contributed by atoms with van der Waals surface area (Å²) in [5.41, 5.74) is -2.04. The molecule has 5 aromatic carbocycles. The first-order chi connectivity index (χ1) is 36.4. The van der Waals surface area contributed by atoms with Gasteiger partial charge in [0.2, 0.25) is 0 Å². The third-order valence-corrected chi connectivity index (χ3v) is 24.1. The van der Waals surface area contributed by atoms with Crippen molar-refractivity contribution < 1.29 is 44.3 Å². The first kappa shape index (κ1) is 60.2. The fourth-order valence-electron chi connectivity index (χ4n) is 10.1. The Kier molecular flexibility index (Phi) is 20.2. The summed E-state index contributed by atoms with van der Waals surface area (Å²) in [6, 6.07) is 34.6. The van der Waals surface area contributed by atoms with Gasteiger partial charge >= 0.3 is 5.51 Å². The Morgan fingerprint density at radius 1 is 0.883 bits per heavy atom. The Hall–Kier alpha value is -4.44. The molecule has 5 aromatic rings. The van der Waals surface area contributed by atoms with Crippen molar-refractivity contribution in [3.05, 3.63) is 137 Å². The number of nitrogens with zero attached hydrogens (tertiary/aromatic N) is 3. The number of benzene rings is 5. The molecular weight excluding hydrogens is 1080 g/mol. The molecule has 0 saturated carbocycles. The van der Waals surface area contributed by atoms with Gasteiger partial charge in [-0.1, -0.05) is 101 Å². The lowest BCUT2D eigenvalue weighted by Crippen LogP contribution is -2.48. The fraction of sp³-hybridized carbons (Fsp3) is 0.456. The number of hydrogen-bond acceptors (Lipinski definition) is 12. The summed E-state index contributed by atoms with van der Waals surface area (Å²) in [6.45, 7) is 18.8. The van der Waals surface area contributed by atoms with Gasteiger partial charge in [-0.2, -0.15) is 13.2 Å². The van der Waals surface area contributed by atoms with Crippen molar-refractivity contribution in [1.82, 2.24) is 14.5 Å². The maximum Gasteiger partial charge on any atom is 0.501 e. The molecule has 4 atom stereocenters. The van der Waals surface area contributed by atoms with Crippen molar-refractivity contribution >= 4 is 68.8 Å². The number of piperidine rings is 1. The fourth-order valence-corrected chi connectivity index (χ4v) is 15.2. The van der Waals surface area contributed by atoms with Crippen molar-refractivity contribution in [2.75, 3.05) is 74.9 Å². The lowest BCUT2D eigenvalue weighted by Gasteiger charge is -2.50. The monoisotopic (exact) mass is 1160 g/mol. The second-order valence-electron chi connectivity index (χ2n) is 21.4. The van der Waals surface area contributed by atoms with Crippen LogP contribution < -0.4 is 14.9 Å². The Morgan fingerprint density at radius 2 is 1.53 bits per heavy atom. The lowest BCUT2D eigenvalue weighted by molar-refractivity contribution is -0.0436. The van der Waals surface area contributed by atoms with Gasteiger partial charge in [-0.3, -0.25) is 9.69 Å². The number of thioether (sulfide) groups is 1. The molecule has 1 amide bonds. The molecule has 0 bridgehead atoms. The van der Waals surface area contributed by atoms with E-state index in [-0.39, 0.29) is 28.5 Å². The predicted octanol–water partition coefficient (Wildman–Crippen LogP) is 11.8. The van der Waals surface area contributed by atoms with Crippen molar-refractivity contribution in [3.63, 3.8) is 0 Å². The Morgan fingerprint density at radius 3 is 2.17 bits per heavy atom. The summed E-state index contributed by atoms with van der Waals surface area (Å²) in [7, 11) is -13.8. The van der Waals surface area contributed by atoms with Gasteiger partial charge in [0.25, 0.3) is 25.8 Å². The first-order valence-corrected chi connectivity index (χ1v) is 33.3. The molecule has 20 heteroatoms. The molecule has 0 aliphatic carbocycles. The van der Waals surface area contributed by atoms with Gasteiger partial charge in [0.15, 0.2) is 0 Å². The number of halogens is 4. The molecule has 0 spiro atoms. The highest BCUT2D eigenvalue weighted by Crippen LogP contribution is 2.48. The SMILES string of the molecule is CCN(CC)CC1CN(CC[C@H](CSc2ccccc2)Nc2ccc(S(=O)(=O)NC(=O)c3ccc(N4CCC(C(C[Si-](C)(O)C(C)(C)C)c5ccccc5-c5ccc(Cl)cc5)CC4)cc3)cc2S(=O)(=O)C(F)(F)F)CCO1. The summed E-state index contributed by atoms with van der Waals surface area (Å²) >= 11 is 7.72. The molecule has 0 aromatic heterocycles. The highest BCUT2D eigenvalue weighted by molar-refractivity contribution is 7.99. The minimum Gasteiger partial charge on any atom is -0.579 e. The smallest absolute Gasteiger partial charge is 0.501 e. The van der Waals surface area contributed by atoms with E-state index in [1.807, 2.05) is 71.9 Å². The number of sulfonamides is 1. The molecule has 7 rings (SSSR count). The Labute approximate surface area is 464 Å². The van der Waals surface area contributed by atoms with Crippen LogP contribution in [0.2, 0.25) is 22.7 Å². The summed E-state index contributed by atoms with van der Waals surface area (Å²) in [5, 5.41) is 3.45. The Balaban J connectivity index is 1.05. The van der Waals surface area contributed by atoms with Crippen LogP contribution in [0.1, 0.15) is 75.7 Å². The number of alkyl halides is 3. The summed E-state index contributed by atoms with van der Waals surface area (Å²) in [4.78, 5) is 31.2. The van der Waals surface area contributed by atoms with Gasteiger partial charge in [0, 0.05) is 72.2 Å². The largest absolute Gasteiger partial charge is 0.579 e. The van der Waals surface area contributed by atoms with Gasteiger partial charge in [-0.25, -0.2) is 21.6 Å². The molecule has 12 nitrogen and oxygen atoms in total. The van der Waals surface area contributed by atoms with Crippen LogP contribution in [0.3, 0.4) is 0 Å². The molecular formula is C57H73ClF3N5O7S3Si-. The number of amides is 1. The van der Waals surface area contributed by atoms with E-state index in [2.05, 4.69) is 72.8 Å². The number of sulfone groups is 1. The third-order valence-electron chi connectivity index (χ3n) is 15.4. The minimum absolute atomic E-state index is 0.0255. The first-order valence-electron chi connectivity index (χ1n) is 26.3. The number of morpholine rings is 1. The van der Waals surface area contributed by atoms with Crippen molar-refractivity contribution in [3.8, 4) is 11.1 Å². The number of carbonyl (C=O) groups excluding carboxylic acids is 1. The lowest BCUT2D eigenvalue weighted by atomic mass is 9.78. The van der Waals surface area contributed by atoms with Crippen LogP contribution in [0.15, 0.2) is 136 Å². The van der Waals surface area contributed by atoms with Gasteiger partial charge in [0.1, 0.15) is 4.90 Å². The van der Waals surface area contributed by atoms with E-state index in [1.165, 1.54) is 29.5 Å². The predicted molar refractivity (Wildman–Crippen MR) is 307 cm³/mol. The quantitative estimate of drug-likeness (QED) is 0.0447. The highest BCUT2D eigenvalue weighted by Gasteiger charge is 2.48. The minimum atomic E-state index is -6.11. The molecule has 3 N–H and O–H groups in total.